The van der Waals surface area contributed by atoms with E-state index in [9.17, 15) is 0 Å². The highest BCUT2D eigenvalue weighted by atomic mass is 16.3. The first-order chi connectivity index (χ1) is 12.9. The van der Waals surface area contributed by atoms with Gasteiger partial charge in [-0.25, -0.2) is 0 Å². The number of aliphatic imine (C=N–C) groups is 1. The Morgan fingerprint density at radius 1 is 0.731 bits per heavy atom. The molecule has 26 heavy (non-hydrogen) atoms. The average Bonchev–Trinajstić information content (AvgIpc) is 3.09. The molecule has 1 rings (SSSR count). The molecule has 0 radical (unpaired) electrons. The predicted octanol–water partition coefficient (Wildman–Crippen LogP) is 6.34. The summed E-state index contributed by atoms with van der Waals surface area (Å²) >= 11 is 0. The molecule has 0 unspecified atom stereocenters. The van der Waals surface area contributed by atoms with E-state index in [2.05, 4.69) is 16.8 Å². The normalized spacial score (nSPS) is 14.2. The Morgan fingerprint density at radius 2 is 1.19 bits per heavy atom. The molecule has 0 aromatic rings. The van der Waals surface area contributed by atoms with Gasteiger partial charge in [-0.1, -0.05) is 103 Å². The monoisotopic (exact) mass is 366 g/mol. The van der Waals surface area contributed by atoms with Crippen molar-refractivity contribution in [1.82, 2.24) is 4.90 Å². The van der Waals surface area contributed by atoms with Gasteiger partial charge in [0.2, 0.25) is 0 Å². The molecule has 3 heteroatoms. The van der Waals surface area contributed by atoms with Gasteiger partial charge in [-0.3, -0.25) is 4.99 Å². The zero-order valence-electron chi connectivity index (χ0n) is 17.7. The Kier molecular flexibility index (Phi) is 16.1. The first kappa shape index (κ1) is 23.5. The fourth-order valence-corrected chi connectivity index (χ4v) is 3.96. The number of unbranched alkanes of at least 4 members (excludes halogenated alkanes) is 15. The van der Waals surface area contributed by atoms with Crippen LogP contribution in [0.25, 0.3) is 0 Å². The summed E-state index contributed by atoms with van der Waals surface area (Å²) in [4.78, 5) is 6.83. The van der Waals surface area contributed by atoms with E-state index in [0.717, 1.165) is 26.1 Å². The first-order valence-electron chi connectivity index (χ1n) is 11.8. The Balaban J connectivity index is 1.75. The third-order valence-electron chi connectivity index (χ3n) is 5.65. The minimum atomic E-state index is 0.248. The minimum absolute atomic E-state index is 0.248. The van der Waals surface area contributed by atoms with Crippen molar-refractivity contribution in [3.05, 3.63) is 0 Å². The summed E-state index contributed by atoms with van der Waals surface area (Å²) in [6.07, 6.45) is 23.8. The van der Waals surface area contributed by atoms with Gasteiger partial charge in [0.05, 0.1) is 19.0 Å². The van der Waals surface area contributed by atoms with Crippen LogP contribution in [0.4, 0.5) is 0 Å². The summed E-state index contributed by atoms with van der Waals surface area (Å²) < 4.78 is 0. The van der Waals surface area contributed by atoms with Gasteiger partial charge in [-0.05, 0) is 6.42 Å². The number of β-amino-alcohol motifs (C(OH)–C–C–N with tert-alkyl or cyclic N) is 1. The summed E-state index contributed by atoms with van der Waals surface area (Å²) in [6, 6.07) is 0. The zero-order chi connectivity index (χ0) is 18.7. The summed E-state index contributed by atoms with van der Waals surface area (Å²) in [5.41, 5.74) is 0. The van der Waals surface area contributed by atoms with E-state index in [1.54, 1.807) is 0 Å². The SMILES string of the molecule is CCCCCCCCCCCCCCCCCCC1=NCCN1CCO. The van der Waals surface area contributed by atoms with Crippen LogP contribution in [0, 0.1) is 0 Å². The van der Waals surface area contributed by atoms with E-state index < -0.39 is 0 Å². The molecule has 0 aromatic heterocycles. The number of hydrogen-bond acceptors (Lipinski definition) is 3. The highest BCUT2D eigenvalue weighted by Gasteiger charge is 2.14. The van der Waals surface area contributed by atoms with Gasteiger partial charge in [-0.2, -0.15) is 0 Å². The lowest BCUT2D eigenvalue weighted by molar-refractivity contribution is 0.255. The predicted molar refractivity (Wildman–Crippen MR) is 115 cm³/mol. The Morgan fingerprint density at radius 3 is 1.65 bits per heavy atom. The third kappa shape index (κ3) is 12.7. The Labute approximate surface area is 163 Å². The second kappa shape index (κ2) is 17.8. The van der Waals surface area contributed by atoms with E-state index in [1.807, 2.05) is 0 Å². The molecule has 0 saturated carbocycles. The number of hydrogen-bond donors (Lipinski definition) is 1. The van der Waals surface area contributed by atoms with Crippen LogP contribution >= 0.6 is 0 Å². The number of amidine groups is 1. The molecule has 0 bridgehead atoms. The van der Waals surface area contributed by atoms with Crippen LogP contribution in [0.1, 0.15) is 116 Å². The third-order valence-corrected chi connectivity index (χ3v) is 5.65. The van der Waals surface area contributed by atoms with E-state index in [-0.39, 0.29) is 6.61 Å². The van der Waals surface area contributed by atoms with Crippen LogP contribution < -0.4 is 0 Å². The molecule has 1 heterocycles. The number of aliphatic hydroxyl groups is 1. The number of nitrogens with zero attached hydrogens (tertiary/aromatic N) is 2. The molecular weight excluding hydrogens is 320 g/mol. The van der Waals surface area contributed by atoms with Crippen LogP contribution in [0.2, 0.25) is 0 Å². The highest BCUT2D eigenvalue weighted by molar-refractivity contribution is 5.83. The lowest BCUT2D eigenvalue weighted by Crippen LogP contribution is -2.30. The molecule has 0 aliphatic carbocycles. The standard InChI is InChI=1S/C23H46N2O/c1-2-3-4-5-6-7-8-9-10-11-12-13-14-15-16-17-18-23-24-19-20-25(23)21-22-26/h26H,2-22H2,1H3. The van der Waals surface area contributed by atoms with Gasteiger partial charge in [0.15, 0.2) is 0 Å². The maximum absolute atomic E-state index is 9.06. The van der Waals surface area contributed by atoms with Crippen LogP contribution in [0.5, 0.6) is 0 Å². The number of aliphatic hydroxyl groups excluding tert-OH is 1. The van der Waals surface area contributed by atoms with Gasteiger partial charge >= 0.3 is 0 Å². The summed E-state index contributed by atoms with van der Waals surface area (Å²) in [5, 5.41) is 9.06. The van der Waals surface area contributed by atoms with Crippen LogP contribution in [-0.4, -0.2) is 42.1 Å². The second-order valence-corrected chi connectivity index (χ2v) is 8.06. The molecule has 0 amide bonds. The van der Waals surface area contributed by atoms with E-state index in [1.165, 1.54) is 109 Å². The van der Waals surface area contributed by atoms with Crippen molar-refractivity contribution < 1.29 is 5.11 Å². The highest BCUT2D eigenvalue weighted by Crippen LogP contribution is 2.15. The molecule has 1 aliphatic heterocycles. The fourth-order valence-electron chi connectivity index (χ4n) is 3.96. The van der Waals surface area contributed by atoms with Crippen molar-refractivity contribution in [3.8, 4) is 0 Å². The van der Waals surface area contributed by atoms with Crippen molar-refractivity contribution in [2.24, 2.45) is 4.99 Å². The molecule has 1 aliphatic rings. The van der Waals surface area contributed by atoms with Gasteiger partial charge in [0.25, 0.3) is 0 Å². The Bertz CT molecular complexity index is 330. The summed E-state index contributed by atoms with van der Waals surface area (Å²) in [5.74, 6) is 1.24. The first-order valence-corrected chi connectivity index (χ1v) is 11.8. The minimum Gasteiger partial charge on any atom is -0.395 e. The van der Waals surface area contributed by atoms with Crippen molar-refractivity contribution in [2.75, 3.05) is 26.2 Å². The summed E-state index contributed by atoms with van der Waals surface area (Å²) in [6.45, 7) is 5.23. The van der Waals surface area contributed by atoms with Crippen molar-refractivity contribution in [2.45, 2.75) is 116 Å². The van der Waals surface area contributed by atoms with Gasteiger partial charge in [0, 0.05) is 19.5 Å². The van der Waals surface area contributed by atoms with Crippen LogP contribution in [0.3, 0.4) is 0 Å². The zero-order valence-corrected chi connectivity index (χ0v) is 17.7. The molecule has 3 nitrogen and oxygen atoms in total. The van der Waals surface area contributed by atoms with Crippen molar-refractivity contribution in [3.63, 3.8) is 0 Å². The second-order valence-electron chi connectivity index (χ2n) is 8.06. The molecule has 1 N–H and O–H groups in total. The largest absolute Gasteiger partial charge is 0.395 e. The van der Waals surface area contributed by atoms with Crippen molar-refractivity contribution in [1.29, 1.82) is 0 Å². The smallest absolute Gasteiger partial charge is 0.0991 e. The lowest BCUT2D eigenvalue weighted by atomic mass is 10.0. The van der Waals surface area contributed by atoms with Gasteiger partial charge < -0.3 is 10.0 Å². The lowest BCUT2D eigenvalue weighted by Gasteiger charge is -2.18. The van der Waals surface area contributed by atoms with Gasteiger partial charge in [-0.15, -0.1) is 0 Å². The molecular formula is C23H46N2O. The Hall–Kier alpha value is -0.570. The van der Waals surface area contributed by atoms with Crippen molar-refractivity contribution >= 4 is 5.84 Å². The number of rotatable bonds is 19. The molecule has 154 valence electrons. The quantitative estimate of drug-likeness (QED) is 0.271. The molecule has 0 atom stereocenters. The van der Waals surface area contributed by atoms with E-state index in [4.69, 9.17) is 5.11 Å². The van der Waals surface area contributed by atoms with E-state index >= 15 is 0 Å². The fraction of sp³-hybridized carbons (Fsp3) is 0.957. The molecule has 0 fully saturated rings. The maximum Gasteiger partial charge on any atom is 0.0991 e. The van der Waals surface area contributed by atoms with Gasteiger partial charge in [0.1, 0.15) is 0 Å². The average molecular weight is 367 g/mol. The topological polar surface area (TPSA) is 35.8 Å². The molecule has 0 aromatic carbocycles. The van der Waals surface area contributed by atoms with Crippen LogP contribution in [0.15, 0.2) is 4.99 Å². The van der Waals surface area contributed by atoms with E-state index in [0.29, 0.717) is 0 Å². The molecule has 0 saturated heterocycles. The summed E-state index contributed by atoms with van der Waals surface area (Å²) in [7, 11) is 0. The molecule has 0 spiro atoms. The van der Waals surface area contributed by atoms with Crippen LogP contribution in [-0.2, 0) is 0 Å². The maximum atomic E-state index is 9.06.